The fourth-order valence-corrected chi connectivity index (χ4v) is 4.09. The molecule has 122 valence electrons. The molecule has 1 heterocycles. The van der Waals surface area contributed by atoms with Crippen molar-refractivity contribution in [3.8, 4) is 0 Å². The van der Waals surface area contributed by atoms with E-state index in [9.17, 15) is 17.6 Å². The van der Waals surface area contributed by atoms with E-state index in [1.807, 2.05) is 0 Å². The monoisotopic (exact) mass is 331 g/mol. The zero-order valence-corrected chi connectivity index (χ0v) is 13.4. The Morgan fingerprint density at radius 3 is 2.45 bits per heavy atom. The van der Waals surface area contributed by atoms with Crippen LogP contribution in [0.2, 0.25) is 0 Å². The molecular formula is C14H18FNO5S. The number of sulfonamides is 1. The zero-order valence-electron chi connectivity index (χ0n) is 12.6. The molecule has 0 saturated carbocycles. The highest BCUT2D eigenvalue weighted by Gasteiger charge is 2.34. The van der Waals surface area contributed by atoms with Crippen LogP contribution in [-0.4, -0.2) is 51.1 Å². The Morgan fingerprint density at radius 2 is 1.91 bits per heavy atom. The molecule has 0 N–H and O–H groups in total. The predicted molar refractivity (Wildman–Crippen MR) is 76.5 cm³/mol. The number of benzene rings is 1. The average Bonchev–Trinajstić information content (AvgIpc) is 2.45. The molecule has 0 radical (unpaired) electrons. The van der Waals surface area contributed by atoms with Crippen LogP contribution in [0.25, 0.3) is 0 Å². The van der Waals surface area contributed by atoms with Crippen LogP contribution in [0.1, 0.15) is 24.2 Å². The third-order valence-electron chi connectivity index (χ3n) is 3.36. The standard InChI is InChI=1S/C14H18FNO5S/c1-9-7-16(8-10(2)21-9)22(18,19)13-6-11(14(17)20-3)4-5-12(13)15/h4-6,9-10H,7-8H2,1-3H3. The van der Waals surface area contributed by atoms with Crippen LogP contribution in [0.3, 0.4) is 0 Å². The smallest absolute Gasteiger partial charge is 0.337 e. The van der Waals surface area contributed by atoms with Crippen molar-refractivity contribution >= 4 is 16.0 Å². The van der Waals surface area contributed by atoms with Crippen LogP contribution in [0.4, 0.5) is 4.39 Å². The third kappa shape index (κ3) is 3.29. The molecule has 8 heteroatoms. The van der Waals surface area contributed by atoms with Gasteiger partial charge in [0, 0.05) is 13.1 Å². The Kier molecular flexibility index (Phi) is 4.84. The highest BCUT2D eigenvalue weighted by Crippen LogP contribution is 2.24. The van der Waals surface area contributed by atoms with Gasteiger partial charge in [0.05, 0.1) is 24.9 Å². The van der Waals surface area contributed by atoms with Crippen molar-refractivity contribution in [3.63, 3.8) is 0 Å². The Labute approximate surface area is 128 Å². The van der Waals surface area contributed by atoms with Crippen LogP contribution in [0, 0.1) is 5.82 Å². The second-order valence-corrected chi connectivity index (χ2v) is 7.12. The molecule has 1 aromatic carbocycles. The van der Waals surface area contributed by atoms with Crippen LogP contribution >= 0.6 is 0 Å². The van der Waals surface area contributed by atoms with Crippen LogP contribution in [-0.2, 0) is 19.5 Å². The Hall–Kier alpha value is -1.51. The van der Waals surface area contributed by atoms with E-state index in [1.165, 1.54) is 17.5 Å². The van der Waals surface area contributed by atoms with Gasteiger partial charge < -0.3 is 9.47 Å². The summed E-state index contributed by atoms with van der Waals surface area (Å²) in [6.07, 6.45) is -0.573. The maximum Gasteiger partial charge on any atom is 0.337 e. The maximum atomic E-state index is 14.0. The number of halogens is 1. The number of esters is 1. The predicted octanol–water partition coefficient (Wildman–Crippen LogP) is 1.41. The summed E-state index contributed by atoms with van der Waals surface area (Å²) < 4.78 is 50.5. The number of hydrogen-bond donors (Lipinski definition) is 0. The van der Waals surface area contributed by atoms with Gasteiger partial charge in [-0.1, -0.05) is 0 Å². The summed E-state index contributed by atoms with van der Waals surface area (Å²) in [6, 6.07) is 3.14. The number of carbonyl (C=O) groups is 1. The summed E-state index contributed by atoms with van der Waals surface area (Å²) >= 11 is 0. The highest BCUT2D eigenvalue weighted by atomic mass is 32.2. The van der Waals surface area contributed by atoms with E-state index in [1.54, 1.807) is 13.8 Å². The second-order valence-electron chi connectivity index (χ2n) is 5.22. The summed E-state index contributed by atoms with van der Waals surface area (Å²) in [5.74, 6) is -1.63. The van der Waals surface area contributed by atoms with E-state index in [4.69, 9.17) is 4.74 Å². The quantitative estimate of drug-likeness (QED) is 0.783. The van der Waals surface area contributed by atoms with Gasteiger partial charge in [0.25, 0.3) is 0 Å². The van der Waals surface area contributed by atoms with Gasteiger partial charge in [0.1, 0.15) is 10.7 Å². The fraction of sp³-hybridized carbons (Fsp3) is 0.500. The number of hydrogen-bond acceptors (Lipinski definition) is 5. The van der Waals surface area contributed by atoms with Crippen molar-refractivity contribution in [2.45, 2.75) is 31.0 Å². The fourth-order valence-electron chi connectivity index (χ4n) is 2.41. The molecular weight excluding hydrogens is 313 g/mol. The van der Waals surface area contributed by atoms with Gasteiger partial charge in [-0.25, -0.2) is 17.6 Å². The Balaban J connectivity index is 2.42. The van der Waals surface area contributed by atoms with E-state index in [-0.39, 0.29) is 30.9 Å². The van der Waals surface area contributed by atoms with Crippen molar-refractivity contribution in [1.82, 2.24) is 4.31 Å². The SMILES string of the molecule is COC(=O)c1ccc(F)c(S(=O)(=O)N2CC(C)OC(C)C2)c1. The lowest BCUT2D eigenvalue weighted by Gasteiger charge is -2.34. The molecule has 2 rings (SSSR count). The van der Waals surface area contributed by atoms with Gasteiger partial charge in [-0.05, 0) is 32.0 Å². The van der Waals surface area contributed by atoms with Gasteiger partial charge in [0.2, 0.25) is 10.0 Å². The molecule has 6 nitrogen and oxygen atoms in total. The van der Waals surface area contributed by atoms with Crippen LogP contribution in [0.15, 0.2) is 23.1 Å². The van der Waals surface area contributed by atoms with Crippen molar-refractivity contribution in [1.29, 1.82) is 0 Å². The third-order valence-corrected chi connectivity index (χ3v) is 5.20. The first kappa shape index (κ1) is 16.9. The highest BCUT2D eigenvalue weighted by molar-refractivity contribution is 7.89. The second kappa shape index (κ2) is 6.31. The number of morpholine rings is 1. The maximum absolute atomic E-state index is 14.0. The minimum Gasteiger partial charge on any atom is -0.465 e. The molecule has 1 aliphatic rings. The molecule has 1 fully saturated rings. The molecule has 2 unspecified atom stereocenters. The van der Waals surface area contributed by atoms with Crippen molar-refractivity contribution in [2.24, 2.45) is 0 Å². The van der Waals surface area contributed by atoms with Crippen molar-refractivity contribution < 1.29 is 27.1 Å². The first-order valence-corrected chi connectivity index (χ1v) is 8.23. The number of carbonyl (C=O) groups excluding carboxylic acids is 1. The molecule has 0 spiro atoms. The Morgan fingerprint density at radius 1 is 1.32 bits per heavy atom. The zero-order chi connectivity index (χ0) is 16.5. The molecule has 1 aromatic rings. The average molecular weight is 331 g/mol. The van der Waals surface area contributed by atoms with Gasteiger partial charge in [-0.15, -0.1) is 0 Å². The molecule has 1 aliphatic heterocycles. The van der Waals surface area contributed by atoms with Crippen molar-refractivity contribution in [2.75, 3.05) is 20.2 Å². The summed E-state index contributed by atoms with van der Waals surface area (Å²) in [6.45, 7) is 3.77. The largest absolute Gasteiger partial charge is 0.465 e. The Bertz CT molecular complexity index is 666. The number of nitrogens with zero attached hydrogens (tertiary/aromatic N) is 1. The summed E-state index contributed by atoms with van der Waals surface area (Å²) in [5, 5.41) is 0. The topological polar surface area (TPSA) is 72.9 Å². The van der Waals surface area contributed by atoms with E-state index in [0.717, 1.165) is 12.1 Å². The summed E-state index contributed by atoms with van der Waals surface area (Å²) in [4.78, 5) is 11.0. The first-order valence-electron chi connectivity index (χ1n) is 6.79. The molecule has 22 heavy (non-hydrogen) atoms. The lowest BCUT2D eigenvalue weighted by molar-refractivity contribution is -0.0441. The molecule has 0 bridgehead atoms. The number of rotatable bonds is 3. The molecule has 2 atom stereocenters. The van der Waals surface area contributed by atoms with Gasteiger partial charge >= 0.3 is 5.97 Å². The summed E-state index contributed by atoms with van der Waals surface area (Å²) in [5.41, 5.74) is -0.0168. The van der Waals surface area contributed by atoms with Crippen molar-refractivity contribution in [3.05, 3.63) is 29.6 Å². The first-order chi connectivity index (χ1) is 10.3. The van der Waals surface area contributed by atoms with Gasteiger partial charge in [-0.3, -0.25) is 0 Å². The number of methoxy groups -OCH3 is 1. The summed E-state index contributed by atoms with van der Waals surface area (Å²) in [7, 11) is -2.88. The van der Waals surface area contributed by atoms with E-state index < -0.39 is 26.7 Å². The van der Waals surface area contributed by atoms with E-state index in [0.29, 0.717) is 0 Å². The minimum absolute atomic E-state index is 0.0168. The number of ether oxygens (including phenoxy) is 2. The normalized spacial score (nSPS) is 23.3. The van der Waals surface area contributed by atoms with E-state index >= 15 is 0 Å². The van der Waals surface area contributed by atoms with E-state index in [2.05, 4.69) is 4.74 Å². The van der Waals surface area contributed by atoms with Crippen LogP contribution in [0.5, 0.6) is 0 Å². The lowest BCUT2D eigenvalue weighted by Crippen LogP contribution is -2.48. The molecule has 0 aromatic heterocycles. The van der Waals surface area contributed by atoms with Crippen LogP contribution < -0.4 is 0 Å². The lowest BCUT2D eigenvalue weighted by atomic mass is 10.2. The molecule has 0 amide bonds. The minimum atomic E-state index is -4.05. The molecule has 1 saturated heterocycles. The molecule has 0 aliphatic carbocycles. The van der Waals surface area contributed by atoms with Gasteiger partial charge in [0.15, 0.2) is 0 Å². The van der Waals surface area contributed by atoms with Gasteiger partial charge in [-0.2, -0.15) is 4.31 Å².